The first-order valence-corrected chi connectivity index (χ1v) is 6.88. The van der Waals surface area contributed by atoms with Crippen LogP contribution in [0.1, 0.15) is 20.3 Å². The van der Waals surface area contributed by atoms with Crippen molar-refractivity contribution in [3.05, 3.63) is 0 Å². The third-order valence-electron chi connectivity index (χ3n) is 2.16. The van der Waals surface area contributed by atoms with Gasteiger partial charge in [0.15, 0.2) is 0 Å². The molecule has 0 aromatic carbocycles. The molecule has 120 valence electrons. The number of hydrogen-bond donors (Lipinski definition) is 2. The molecular formula is C12H21F2N5O2. The Hall–Kier alpha value is -1.77. The number of aromatic nitrogens is 3. The highest BCUT2D eigenvalue weighted by atomic mass is 19.3. The predicted molar refractivity (Wildman–Crippen MR) is 75.1 cm³/mol. The third kappa shape index (κ3) is 7.54. The van der Waals surface area contributed by atoms with Gasteiger partial charge in [-0.3, -0.25) is 0 Å². The molecule has 0 amide bonds. The smallest absolute Gasteiger partial charge is 0.323 e. The molecule has 0 spiro atoms. The van der Waals surface area contributed by atoms with Crippen molar-refractivity contribution in [2.45, 2.75) is 26.7 Å². The van der Waals surface area contributed by atoms with E-state index >= 15 is 0 Å². The van der Waals surface area contributed by atoms with Crippen molar-refractivity contribution in [2.75, 3.05) is 43.5 Å². The Morgan fingerprint density at radius 1 is 1.05 bits per heavy atom. The van der Waals surface area contributed by atoms with Crippen LogP contribution in [0.4, 0.5) is 20.7 Å². The highest BCUT2D eigenvalue weighted by Gasteiger charge is 2.07. The highest BCUT2D eigenvalue weighted by molar-refractivity contribution is 5.35. The SMILES string of the molecule is CCCOc1nc(NCC)nc(NCCOCC(F)F)n1. The van der Waals surface area contributed by atoms with Crippen molar-refractivity contribution < 1.29 is 18.3 Å². The van der Waals surface area contributed by atoms with Gasteiger partial charge >= 0.3 is 6.01 Å². The maximum atomic E-state index is 11.9. The van der Waals surface area contributed by atoms with E-state index in [2.05, 4.69) is 25.6 Å². The first kappa shape index (κ1) is 17.3. The minimum absolute atomic E-state index is 0.137. The van der Waals surface area contributed by atoms with Crippen molar-refractivity contribution in [1.29, 1.82) is 0 Å². The van der Waals surface area contributed by atoms with Crippen LogP contribution in [0, 0.1) is 0 Å². The van der Waals surface area contributed by atoms with Crippen molar-refractivity contribution in [3.63, 3.8) is 0 Å². The molecule has 0 saturated carbocycles. The third-order valence-corrected chi connectivity index (χ3v) is 2.16. The van der Waals surface area contributed by atoms with Crippen LogP contribution in [0.3, 0.4) is 0 Å². The summed E-state index contributed by atoms with van der Waals surface area (Å²) in [6.45, 7) is 4.94. The lowest BCUT2D eigenvalue weighted by Gasteiger charge is -2.10. The molecule has 2 N–H and O–H groups in total. The Kier molecular flexibility index (Phi) is 8.25. The lowest BCUT2D eigenvalue weighted by molar-refractivity contribution is 0.0214. The van der Waals surface area contributed by atoms with E-state index in [0.29, 0.717) is 31.6 Å². The molecule has 0 aliphatic carbocycles. The number of alkyl halides is 2. The van der Waals surface area contributed by atoms with E-state index in [1.165, 1.54) is 0 Å². The Morgan fingerprint density at radius 2 is 1.76 bits per heavy atom. The second-order valence-corrected chi connectivity index (χ2v) is 4.04. The molecule has 1 aromatic heterocycles. The minimum atomic E-state index is -2.46. The summed E-state index contributed by atoms with van der Waals surface area (Å²) in [7, 11) is 0. The first-order valence-electron chi connectivity index (χ1n) is 6.88. The Balaban J connectivity index is 2.52. The molecule has 0 bridgehead atoms. The van der Waals surface area contributed by atoms with Gasteiger partial charge in [-0.2, -0.15) is 15.0 Å². The van der Waals surface area contributed by atoms with Gasteiger partial charge in [0.1, 0.15) is 6.61 Å². The average molecular weight is 305 g/mol. The van der Waals surface area contributed by atoms with E-state index in [9.17, 15) is 8.78 Å². The van der Waals surface area contributed by atoms with E-state index in [-0.39, 0.29) is 12.6 Å². The van der Waals surface area contributed by atoms with Gasteiger partial charge in [0, 0.05) is 13.1 Å². The van der Waals surface area contributed by atoms with Gasteiger partial charge in [0.25, 0.3) is 6.43 Å². The van der Waals surface area contributed by atoms with Gasteiger partial charge in [0.2, 0.25) is 11.9 Å². The number of anilines is 2. The van der Waals surface area contributed by atoms with Gasteiger partial charge in [0.05, 0.1) is 13.2 Å². The van der Waals surface area contributed by atoms with Crippen LogP contribution in [0.5, 0.6) is 6.01 Å². The minimum Gasteiger partial charge on any atom is -0.463 e. The molecule has 21 heavy (non-hydrogen) atoms. The fourth-order valence-corrected chi connectivity index (χ4v) is 1.34. The predicted octanol–water partition coefficient (Wildman–Crippen LogP) is 1.79. The molecule has 7 nitrogen and oxygen atoms in total. The molecule has 9 heteroatoms. The number of ether oxygens (including phenoxy) is 2. The van der Waals surface area contributed by atoms with Crippen LogP contribution in [0.2, 0.25) is 0 Å². The second kappa shape index (κ2) is 10.0. The van der Waals surface area contributed by atoms with Gasteiger partial charge in [-0.05, 0) is 13.3 Å². The van der Waals surface area contributed by atoms with Crippen LogP contribution in [0.15, 0.2) is 0 Å². The summed E-state index contributed by atoms with van der Waals surface area (Å²) in [5.74, 6) is 0.710. The summed E-state index contributed by atoms with van der Waals surface area (Å²) in [5, 5.41) is 5.85. The summed E-state index contributed by atoms with van der Waals surface area (Å²) in [6, 6.07) is 0.221. The number of nitrogens with zero attached hydrogens (tertiary/aromatic N) is 3. The van der Waals surface area contributed by atoms with Crippen LogP contribution in [-0.2, 0) is 4.74 Å². The summed E-state index contributed by atoms with van der Waals surface area (Å²) < 4.78 is 33.9. The highest BCUT2D eigenvalue weighted by Crippen LogP contribution is 2.11. The monoisotopic (exact) mass is 305 g/mol. The van der Waals surface area contributed by atoms with Crippen molar-refractivity contribution in [2.24, 2.45) is 0 Å². The van der Waals surface area contributed by atoms with Crippen LogP contribution in [-0.4, -0.2) is 54.3 Å². The standard InChI is InChI=1S/C12H21F2N5O2/c1-3-6-21-12-18-10(15-4-2)17-11(19-12)16-5-7-20-8-9(13)14/h9H,3-8H2,1-2H3,(H2,15,16,17,18,19). The molecule has 0 radical (unpaired) electrons. The second-order valence-electron chi connectivity index (χ2n) is 4.04. The molecule has 0 aliphatic heterocycles. The van der Waals surface area contributed by atoms with Gasteiger partial charge in [-0.15, -0.1) is 0 Å². The Bertz CT molecular complexity index is 409. The van der Waals surface area contributed by atoms with Crippen molar-refractivity contribution in [3.8, 4) is 6.01 Å². The zero-order valence-electron chi connectivity index (χ0n) is 12.2. The normalized spacial score (nSPS) is 10.7. The topological polar surface area (TPSA) is 81.2 Å². The number of hydrogen-bond acceptors (Lipinski definition) is 7. The molecular weight excluding hydrogens is 284 g/mol. The van der Waals surface area contributed by atoms with Crippen molar-refractivity contribution in [1.82, 2.24) is 15.0 Å². The molecule has 0 atom stereocenters. The van der Waals surface area contributed by atoms with E-state index in [1.807, 2.05) is 13.8 Å². The number of nitrogens with one attached hydrogen (secondary N) is 2. The maximum Gasteiger partial charge on any atom is 0.323 e. The number of rotatable bonds is 11. The zero-order chi connectivity index (χ0) is 15.5. The molecule has 0 saturated heterocycles. The van der Waals surface area contributed by atoms with Crippen LogP contribution in [0.25, 0.3) is 0 Å². The van der Waals surface area contributed by atoms with Crippen molar-refractivity contribution >= 4 is 11.9 Å². The Morgan fingerprint density at radius 3 is 2.38 bits per heavy atom. The van der Waals surface area contributed by atoms with Gasteiger partial charge < -0.3 is 20.1 Å². The molecule has 1 aromatic rings. The molecule has 0 fully saturated rings. The van der Waals surface area contributed by atoms with Crippen LogP contribution >= 0.6 is 0 Å². The lowest BCUT2D eigenvalue weighted by Crippen LogP contribution is -2.16. The zero-order valence-corrected chi connectivity index (χ0v) is 12.2. The van der Waals surface area contributed by atoms with Gasteiger partial charge in [-0.25, -0.2) is 8.78 Å². The first-order chi connectivity index (χ1) is 10.2. The summed E-state index contributed by atoms with van der Waals surface area (Å²) >= 11 is 0. The molecule has 1 heterocycles. The lowest BCUT2D eigenvalue weighted by atomic mass is 10.5. The summed E-state index contributed by atoms with van der Waals surface area (Å²) in [4.78, 5) is 12.3. The van der Waals surface area contributed by atoms with Crippen LogP contribution < -0.4 is 15.4 Å². The largest absolute Gasteiger partial charge is 0.463 e. The molecule has 1 rings (SSSR count). The van der Waals surface area contributed by atoms with Gasteiger partial charge in [-0.1, -0.05) is 6.92 Å². The summed E-state index contributed by atoms with van der Waals surface area (Å²) in [5.41, 5.74) is 0. The quantitative estimate of drug-likeness (QED) is 0.603. The van der Waals surface area contributed by atoms with E-state index in [4.69, 9.17) is 9.47 Å². The average Bonchev–Trinajstić information content (AvgIpc) is 2.44. The molecule has 0 unspecified atom stereocenters. The fourth-order valence-electron chi connectivity index (χ4n) is 1.34. The fraction of sp³-hybridized carbons (Fsp3) is 0.750. The summed E-state index contributed by atoms with van der Waals surface area (Å²) in [6.07, 6.45) is -1.62. The number of halogens is 2. The Labute approximate surface area is 122 Å². The van der Waals surface area contributed by atoms with E-state index in [1.54, 1.807) is 0 Å². The van der Waals surface area contributed by atoms with E-state index in [0.717, 1.165) is 6.42 Å². The van der Waals surface area contributed by atoms with E-state index < -0.39 is 13.0 Å². The molecule has 0 aliphatic rings. The maximum absolute atomic E-state index is 11.9.